The highest BCUT2D eigenvalue weighted by Crippen LogP contribution is 2.40. The minimum absolute atomic E-state index is 0.0000203. The zero-order chi connectivity index (χ0) is 20.8. The maximum Gasteiger partial charge on any atom is 0.407 e. The maximum absolute atomic E-state index is 12.7. The molecule has 2 atom stereocenters. The lowest BCUT2D eigenvalue weighted by molar-refractivity contribution is -0.0339. The smallest absolute Gasteiger partial charge is 0.407 e. The van der Waals surface area contributed by atoms with E-state index in [1.165, 1.54) is 10.5 Å². The molecule has 1 amide bonds. The van der Waals surface area contributed by atoms with Gasteiger partial charge in [0.05, 0.1) is 12.3 Å². The van der Waals surface area contributed by atoms with Gasteiger partial charge in [0.1, 0.15) is 11.7 Å². The molecular formula is C25H26N2O3S. The zero-order valence-corrected chi connectivity index (χ0v) is 18.2. The molecule has 160 valence electrons. The van der Waals surface area contributed by atoms with Gasteiger partial charge < -0.3 is 14.5 Å². The van der Waals surface area contributed by atoms with Crippen molar-refractivity contribution in [3.8, 4) is 11.1 Å². The molecule has 0 spiro atoms. The van der Waals surface area contributed by atoms with Crippen LogP contribution in [-0.4, -0.2) is 42.5 Å². The molecule has 2 aromatic carbocycles. The second-order valence-electron chi connectivity index (χ2n) is 8.81. The third-order valence-corrected chi connectivity index (χ3v) is 8.10. The molecule has 4 aliphatic rings. The first-order chi connectivity index (χ1) is 15.2. The van der Waals surface area contributed by atoms with Gasteiger partial charge in [-0.1, -0.05) is 30.3 Å². The highest BCUT2D eigenvalue weighted by atomic mass is 32.2. The number of furan rings is 1. The number of rotatable bonds is 3. The van der Waals surface area contributed by atoms with E-state index >= 15 is 0 Å². The molecule has 31 heavy (non-hydrogen) atoms. The number of para-hydroxylation sites is 1. The molecule has 0 radical (unpaired) electrons. The number of fused-ring (bicyclic) bond motifs is 5. The first-order valence-electron chi connectivity index (χ1n) is 11.2. The Balaban J connectivity index is 1.19. The van der Waals surface area contributed by atoms with Crippen molar-refractivity contribution in [2.75, 3.05) is 25.4 Å². The Bertz CT molecular complexity index is 1120. The molecule has 4 aliphatic heterocycles. The fourth-order valence-corrected chi connectivity index (χ4v) is 6.43. The molecule has 7 rings (SSSR count). The fourth-order valence-electron chi connectivity index (χ4n) is 5.27. The van der Waals surface area contributed by atoms with Crippen LogP contribution in [0.3, 0.4) is 0 Å². The van der Waals surface area contributed by atoms with Gasteiger partial charge >= 0.3 is 6.09 Å². The first kappa shape index (κ1) is 19.3. The monoisotopic (exact) mass is 434 g/mol. The molecule has 6 heteroatoms. The summed E-state index contributed by atoms with van der Waals surface area (Å²) in [6.07, 6.45) is 4.81. The molecule has 3 aromatic rings. The van der Waals surface area contributed by atoms with Crippen molar-refractivity contribution in [1.82, 2.24) is 10.2 Å². The maximum atomic E-state index is 12.7. The largest absolute Gasteiger partial charge is 0.464 e. The van der Waals surface area contributed by atoms with Crippen molar-refractivity contribution < 1.29 is 13.9 Å². The standard InChI is InChI=1S/C25H26N2O3S/c28-25(30-23-14-27-10-7-16(23)8-11-27)26-21-9-12-31-24-13-17(5-6-19(21)24)20-15-29-22-4-2-1-3-18(20)22/h1-6,13,15-16,21,23H,7-12,14H2,(H,26,28)/t21?,23-/m1/s1. The number of thioether (sulfide) groups is 1. The topological polar surface area (TPSA) is 54.7 Å². The van der Waals surface area contributed by atoms with Gasteiger partial charge in [0, 0.05) is 28.1 Å². The molecule has 0 saturated carbocycles. The molecule has 2 bridgehead atoms. The van der Waals surface area contributed by atoms with E-state index in [1.807, 2.05) is 36.2 Å². The molecule has 5 nitrogen and oxygen atoms in total. The Kier molecular flexibility index (Phi) is 4.92. The lowest BCUT2D eigenvalue weighted by Crippen LogP contribution is -2.52. The average molecular weight is 435 g/mol. The third kappa shape index (κ3) is 3.62. The van der Waals surface area contributed by atoms with E-state index in [2.05, 4.69) is 34.5 Å². The lowest BCUT2D eigenvalue weighted by atomic mass is 9.86. The van der Waals surface area contributed by atoms with Crippen LogP contribution in [-0.2, 0) is 4.74 Å². The normalized spacial score (nSPS) is 27.1. The Morgan fingerprint density at radius 3 is 2.84 bits per heavy atom. The number of ether oxygens (including phenoxy) is 1. The van der Waals surface area contributed by atoms with Gasteiger partial charge in [0.15, 0.2) is 0 Å². The van der Waals surface area contributed by atoms with Gasteiger partial charge in [0.25, 0.3) is 0 Å². The summed E-state index contributed by atoms with van der Waals surface area (Å²) in [6.45, 7) is 3.18. The van der Waals surface area contributed by atoms with Gasteiger partial charge in [-0.3, -0.25) is 4.90 Å². The summed E-state index contributed by atoms with van der Waals surface area (Å²) in [5.74, 6) is 1.50. The molecule has 3 fully saturated rings. The molecule has 3 saturated heterocycles. The zero-order valence-electron chi connectivity index (χ0n) is 17.4. The highest BCUT2D eigenvalue weighted by molar-refractivity contribution is 7.99. The lowest BCUT2D eigenvalue weighted by Gasteiger charge is -2.44. The molecule has 5 heterocycles. The summed E-state index contributed by atoms with van der Waals surface area (Å²) >= 11 is 1.85. The average Bonchev–Trinajstić information content (AvgIpc) is 3.24. The molecule has 1 aromatic heterocycles. The van der Waals surface area contributed by atoms with E-state index in [4.69, 9.17) is 9.15 Å². The van der Waals surface area contributed by atoms with Gasteiger partial charge in [-0.25, -0.2) is 4.79 Å². The minimum atomic E-state index is -0.272. The van der Waals surface area contributed by atoms with Crippen molar-refractivity contribution in [1.29, 1.82) is 0 Å². The van der Waals surface area contributed by atoms with Crippen LogP contribution < -0.4 is 5.32 Å². The number of piperidine rings is 3. The predicted molar refractivity (Wildman–Crippen MR) is 122 cm³/mol. The molecule has 1 N–H and O–H groups in total. The van der Waals surface area contributed by atoms with E-state index in [-0.39, 0.29) is 18.2 Å². The fraction of sp³-hybridized carbons (Fsp3) is 0.400. The summed E-state index contributed by atoms with van der Waals surface area (Å²) in [5, 5.41) is 4.28. The number of alkyl carbamates (subject to hydrolysis) is 1. The summed E-state index contributed by atoms with van der Waals surface area (Å²) in [6, 6.07) is 14.6. The third-order valence-electron chi connectivity index (χ3n) is 6.99. The Labute approximate surface area is 186 Å². The highest BCUT2D eigenvalue weighted by Gasteiger charge is 2.37. The van der Waals surface area contributed by atoms with Crippen LogP contribution >= 0.6 is 11.8 Å². The Morgan fingerprint density at radius 1 is 1.13 bits per heavy atom. The SMILES string of the molecule is O=C(NC1CCSc2cc(-c3coc4ccccc34)ccc21)O[C@@H]1CN2CCC1CC2. The number of carbonyl (C=O) groups excluding carboxylic acids is 1. The minimum Gasteiger partial charge on any atom is -0.464 e. The van der Waals surface area contributed by atoms with E-state index in [1.54, 1.807) is 0 Å². The summed E-state index contributed by atoms with van der Waals surface area (Å²) < 4.78 is 11.6. The summed E-state index contributed by atoms with van der Waals surface area (Å²) in [4.78, 5) is 16.3. The number of carbonyl (C=O) groups is 1. The van der Waals surface area contributed by atoms with Crippen molar-refractivity contribution in [3.05, 3.63) is 54.3 Å². The molecule has 1 unspecified atom stereocenters. The Morgan fingerprint density at radius 2 is 2.00 bits per heavy atom. The summed E-state index contributed by atoms with van der Waals surface area (Å²) in [7, 11) is 0. The van der Waals surface area contributed by atoms with Crippen LogP contribution in [0.2, 0.25) is 0 Å². The van der Waals surface area contributed by atoms with Crippen LogP contribution in [0.4, 0.5) is 4.79 Å². The van der Waals surface area contributed by atoms with Crippen molar-refractivity contribution in [2.24, 2.45) is 5.92 Å². The van der Waals surface area contributed by atoms with Gasteiger partial charge in [-0.2, -0.15) is 0 Å². The van der Waals surface area contributed by atoms with Crippen LogP contribution in [0, 0.1) is 5.92 Å². The second-order valence-corrected chi connectivity index (χ2v) is 9.95. The van der Waals surface area contributed by atoms with E-state index in [0.717, 1.165) is 66.7 Å². The second kappa shape index (κ2) is 7.92. The van der Waals surface area contributed by atoms with Crippen LogP contribution in [0.25, 0.3) is 22.1 Å². The molecule has 0 aliphatic carbocycles. The van der Waals surface area contributed by atoms with Crippen molar-refractivity contribution in [2.45, 2.75) is 36.3 Å². The number of nitrogens with zero attached hydrogens (tertiary/aromatic N) is 1. The number of hydrogen-bond donors (Lipinski definition) is 1. The Hall–Kier alpha value is -2.44. The molecular weight excluding hydrogens is 408 g/mol. The van der Waals surface area contributed by atoms with E-state index in [9.17, 15) is 4.79 Å². The number of nitrogens with one attached hydrogen (secondary N) is 1. The van der Waals surface area contributed by atoms with Crippen LogP contribution in [0.15, 0.2) is 58.0 Å². The van der Waals surface area contributed by atoms with Crippen molar-refractivity contribution >= 4 is 28.8 Å². The predicted octanol–water partition coefficient (Wildman–Crippen LogP) is 5.46. The number of benzene rings is 2. The van der Waals surface area contributed by atoms with Gasteiger partial charge in [-0.05, 0) is 61.5 Å². The summed E-state index contributed by atoms with van der Waals surface area (Å²) in [5.41, 5.74) is 4.33. The van der Waals surface area contributed by atoms with E-state index < -0.39 is 0 Å². The van der Waals surface area contributed by atoms with Crippen LogP contribution in [0.5, 0.6) is 0 Å². The van der Waals surface area contributed by atoms with E-state index in [0.29, 0.717) is 5.92 Å². The first-order valence-corrected chi connectivity index (χ1v) is 12.2. The van der Waals surface area contributed by atoms with Gasteiger partial charge in [-0.15, -0.1) is 11.8 Å². The quantitative estimate of drug-likeness (QED) is 0.593. The van der Waals surface area contributed by atoms with Crippen LogP contribution in [0.1, 0.15) is 30.9 Å². The number of hydrogen-bond acceptors (Lipinski definition) is 5. The number of amides is 1. The van der Waals surface area contributed by atoms with Gasteiger partial charge in [0.2, 0.25) is 0 Å². The van der Waals surface area contributed by atoms with Crippen molar-refractivity contribution in [3.63, 3.8) is 0 Å².